The minimum Gasteiger partial charge on any atom is -0.493 e. The smallest absolute Gasteiger partial charge is 0.416 e. The van der Waals surface area contributed by atoms with Crippen molar-refractivity contribution in [2.45, 2.75) is 19.6 Å². The molecule has 4 nitrogen and oxygen atoms in total. The molecule has 0 aliphatic rings. The summed E-state index contributed by atoms with van der Waals surface area (Å²) >= 11 is 0.780. The molecule has 0 unspecified atom stereocenters. The van der Waals surface area contributed by atoms with Gasteiger partial charge in [0.15, 0.2) is 0 Å². The van der Waals surface area contributed by atoms with Crippen molar-refractivity contribution >= 4 is 23.2 Å². The molecule has 0 radical (unpaired) electrons. The van der Waals surface area contributed by atoms with E-state index < -0.39 is 11.7 Å². The Morgan fingerprint density at radius 2 is 2.14 bits per heavy atom. The van der Waals surface area contributed by atoms with Gasteiger partial charge >= 0.3 is 11.0 Å². The molecular weight excluding hydrogens is 305 g/mol. The summed E-state index contributed by atoms with van der Waals surface area (Å²) in [7, 11) is 0. The number of nitrogens with zero attached hydrogens (tertiary/aromatic N) is 2. The van der Waals surface area contributed by atoms with E-state index in [0.717, 1.165) is 28.0 Å². The van der Waals surface area contributed by atoms with Gasteiger partial charge in [-0.05, 0) is 25.1 Å². The molecule has 1 heterocycles. The fourth-order valence-electron chi connectivity index (χ4n) is 1.67. The molecule has 0 spiro atoms. The second-order valence-electron chi connectivity index (χ2n) is 4.11. The van der Waals surface area contributed by atoms with E-state index in [1.54, 1.807) is 6.92 Å². The highest BCUT2D eigenvalue weighted by atomic mass is 32.1. The van der Waals surface area contributed by atoms with Crippen LogP contribution in [-0.2, 0) is 12.7 Å². The van der Waals surface area contributed by atoms with Crippen LogP contribution < -0.4 is 4.87 Å². The molecule has 0 fully saturated rings. The largest absolute Gasteiger partial charge is 0.493 e. The number of aromatic hydroxyl groups is 1. The Labute approximate surface area is 121 Å². The number of thiazole rings is 1. The van der Waals surface area contributed by atoms with E-state index in [2.05, 4.69) is 4.99 Å². The molecule has 1 aromatic carbocycles. The molecule has 21 heavy (non-hydrogen) atoms. The van der Waals surface area contributed by atoms with Crippen molar-refractivity contribution in [3.8, 4) is 5.88 Å². The predicted molar refractivity (Wildman–Crippen MR) is 74.6 cm³/mol. The lowest BCUT2D eigenvalue weighted by Gasteiger charge is -2.06. The van der Waals surface area contributed by atoms with Crippen LogP contribution in [0.4, 0.5) is 18.9 Å². The number of hydrogen-bond donors (Lipinski definition) is 1. The summed E-state index contributed by atoms with van der Waals surface area (Å²) in [4.78, 5) is 15.2. The molecule has 2 rings (SSSR count). The van der Waals surface area contributed by atoms with E-state index in [9.17, 15) is 23.1 Å². The van der Waals surface area contributed by atoms with Gasteiger partial charge in [-0.1, -0.05) is 17.4 Å². The Morgan fingerprint density at radius 3 is 2.71 bits per heavy atom. The first-order valence-electron chi connectivity index (χ1n) is 5.97. The maximum atomic E-state index is 12.6. The van der Waals surface area contributed by atoms with Gasteiger partial charge in [-0.15, -0.1) is 0 Å². The van der Waals surface area contributed by atoms with Gasteiger partial charge in [-0.2, -0.15) is 13.2 Å². The van der Waals surface area contributed by atoms with Crippen LogP contribution in [0.25, 0.3) is 0 Å². The average Bonchev–Trinajstić information content (AvgIpc) is 2.70. The Bertz CT molecular complexity index is 732. The highest BCUT2D eigenvalue weighted by Gasteiger charge is 2.30. The lowest BCUT2D eigenvalue weighted by atomic mass is 10.2. The number of alkyl halides is 3. The fourth-order valence-corrected chi connectivity index (χ4v) is 2.49. The average molecular weight is 316 g/mol. The number of hydrogen-bond acceptors (Lipinski definition) is 4. The predicted octanol–water partition coefficient (Wildman–Crippen LogP) is 3.40. The molecule has 0 saturated carbocycles. The van der Waals surface area contributed by atoms with Gasteiger partial charge < -0.3 is 5.11 Å². The van der Waals surface area contributed by atoms with Crippen LogP contribution in [0.2, 0.25) is 0 Å². The van der Waals surface area contributed by atoms with Gasteiger partial charge in [0.25, 0.3) is 0 Å². The van der Waals surface area contributed by atoms with Gasteiger partial charge in [0.1, 0.15) is 4.88 Å². The Morgan fingerprint density at radius 1 is 1.43 bits per heavy atom. The highest BCUT2D eigenvalue weighted by Crippen LogP contribution is 2.31. The lowest BCUT2D eigenvalue weighted by molar-refractivity contribution is -0.137. The third-order valence-corrected chi connectivity index (χ3v) is 3.62. The monoisotopic (exact) mass is 316 g/mol. The Balaban J connectivity index is 2.32. The standard InChI is InChI=1S/C13H11F3N2O2S/c1-2-18-11(19)10(21-12(18)20)7-17-9-5-3-4-8(6-9)13(14,15)16/h3-7,19H,2H2,1H3. The number of aliphatic imine (C=N–C) groups is 1. The third-order valence-electron chi connectivity index (χ3n) is 2.71. The van der Waals surface area contributed by atoms with Gasteiger partial charge in [0, 0.05) is 6.54 Å². The van der Waals surface area contributed by atoms with Gasteiger partial charge in [-0.25, -0.2) is 0 Å². The molecule has 0 aliphatic carbocycles. The molecule has 0 aliphatic heterocycles. The maximum absolute atomic E-state index is 12.6. The first kappa shape index (κ1) is 15.3. The van der Waals surface area contributed by atoms with Gasteiger partial charge in [0.2, 0.25) is 5.88 Å². The normalized spacial score (nSPS) is 12.2. The highest BCUT2D eigenvalue weighted by molar-refractivity contribution is 7.11. The summed E-state index contributed by atoms with van der Waals surface area (Å²) in [6.45, 7) is 2.00. The second kappa shape index (κ2) is 5.72. The molecule has 0 bridgehead atoms. The minimum atomic E-state index is -4.44. The number of rotatable bonds is 3. The molecule has 1 N–H and O–H groups in total. The minimum absolute atomic E-state index is 0.0909. The zero-order valence-corrected chi connectivity index (χ0v) is 11.7. The summed E-state index contributed by atoms with van der Waals surface area (Å²) in [6.07, 6.45) is -3.26. The molecule has 0 saturated heterocycles. The number of benzene rings is 1. The summed E-state index contributed by atoms with van der Waals surface area (Å²) in [5.41, 5.74) is -0.714. The summed E-state index contributed by atoms with van der Waals surface area (Å²) in [6, 6.07) is 4.49. The van der Waals surface area contributed by atoms with Crippen molar-refractivity contribution in [2.24, 2.45) is 4.99 Å². The molecular formula is C13H11F3N2O2S. The molecule has 8 heteroatoms. The maximum Gasteiger partial charge on any atom is 0.416 e. The van der Waals surface area contributed by atoms with Crippen molar-refractivity contribution in [1.82, 2.24) is 4.57 Å². The van der Waals surface area contributed by atoms with Gasteiger partial charge in [0.05, 0.1) is 17.5 Å². The van der Waals surface area contributed by atoms with Gasteiger partial charge in [-0.3, -0.25) is 14.4 Å². The Hall–Kier alpha value is -2.09. The van der Waals surface area contributed by atoms with Crippen LogP contribution in [-0.4, -0.2) is 15.9 Å². The zero-order chi connectivity index (χ0) is 15.6. The quantitative estimate of drug-likeness (QED) is 0.882. The molecule has 112 valence electrons. The van der Waals surface area contributed by atoms with Crippen LogP contribution in [0.3, 0.4) is 0 Å². The van der Waals surface area contributed by atoms with E-state index in [4.69, 9.17) is 0 Å². The molecule has 1 aromatic heterocycles. The molecule has 0 amide bonds. The van der Waals surface area contributed by atoms with E-state index in [1.165, 1.54) is 18.3 Å². The van der Waals surface area contributed by atoms with Crippen LogP contribution in [0.5, 0.6) is 5.88 Å². The van der Waals surface area contributed by atoms with Crippen LogP contribution in [0, 0.1) is 0 Å². The van der Waals surface area contributed by atoms with Crippen LogP contribution in [0.1, 0.15) is 17.4 Å². The number of halogens is 3. The van der Waals surface area contributed by atoms with Crippen molar-refractivity contribution in [2.75, 3.05) is 0 Å². The van der Waals surface area contributed by atoms with Crippen LogP contribution >= 0.6 is 11.3 Å². The first-order valence-corrected chi connectivity index (χ1v) is 6.78. The topological polar surface area (TPSA) is 54.6 Å². The SMILES string of the molecule is CCn1c(O)c(C=Nc2cccc(C(F)(F)F)c2)sc1=O. The Kier molecular flexibility index (Phi) is 4.17. The van der Waals surface area contributed by atoms with Crippen molar-refractivity contribution in [3.05, 3.63) is 44.4 Å². The van der Waals surface area contributed by atoms with E-state index in [0.29, 0.717) is 6.54 Å². The van der Waals surface area contributed by atoms with Crippen molar-refractivity contribution in [1.29, 1.82) is 0 Å². The third kappa shape index (κ3) is 3.33. The first-order chi connectivity index (χ1) is 9.82. The molecule has 2 aromatic rings. The van der Waals surface area contributed by atoms with E-state index >= 15 is 0 Å². The van der Waals surface area contributed by atoms with Crippen LogP contribution in [0.15, 0.2) is 34.1 Å². The van der Waals surface area contributed by atoms with Crippen molar-refractivity contribution in [3.63, 3.8) is 0 Å². The van der Waals surface area contributed by atoms with Crippen molar-refractivity contribution < 1.29 is 18.3 Å². The van der Waals surface area contributed by atoms with E-state index in [1.807, 2.05) is 0 Å². The number of aromatic nitrogens is 1. The van der Waals surface area contributed by atoms with E-state index in [-0.39, 0.29) is 21.3 Å². The summed E-state index contributed by atoms with van der Waals surface area (Å²) < 4.78 is 38.8. The fraction of sp³-hybridized carbons (Fsp3) is 0.231. The lowest BCUT2D eigenvalue weighted by Crippen LogP contribution is -2.09. The summed E-state index contributed by atoms with van der Waals surface area (Å²) in [5.74, 6) is -0.233. The zero-order valence-electron chi connectivity index (χ0n) is 10.9. The molecule has 0 atom stereocenters. The summed E-state index contributed by atoms with van der Waals surface area (Å²) in [5, 5.41) is 9.77. The second-order valence-corrected chi connectivity index (χ2v) is 5.10.